The van der Waals surface area contributed by atoms with Gasteiger partial charge in [0.2, 0.25) is 5.91 Å². The lowest BCUT2D eigenvalue weighted by Gasteiger charge is -2.21. The first-order valence-electron chi connectivity index (χ1n) is 9.84. The Kier molecular flexibility index (Phi) is 6.99. The Morgan fingerprint density at radius 2 is 1.93 bits per heavy atom. The first-order chi connectivity index (χ1) is 12.8. The van der Waals surface area contributed by atoms with Gasteiger partial charge in [-0.15, -0.1) is 0 Å². The number of para-hydroxylation sites is 1. The SMILES string of the molecule is CCCCCC[C@@]1(C)NC(=O)N(CC(=O)Nc2c(C)cccc2CC)C1=O. The van der Waals surface area contributed by atoms with Gasteiger partial charge in [0.15, 0.2) is 0 Å². The second-order valence-electron chi connectivity index (χ2n) is 7.47. The standard InChI is InChI=1S/C21H31N3O3/c1-5-7-8-9-13-21(4)19(26)24(20(27)23-21)14-17(25)22-18-15(3)11-10-12-16(18)6-2/h10-12H,5-9,13-14H2,1-4H3,(H,22,25)(H,23,27)/t21-/m1/s1. The van der Waals surface area contributed by atoms with E-state index in [1.807, 2.05) is 32.0 Å². The van der Waals surface area contributed by atoms with Crippen LogP contribution in [0.15, 0.2) is 18.2 Å². The molecule has 2 N–H and O–H groups in total. The summed E-state index contributed by atoms with van der Waals surface area (Å²) in [4.78, 5) is 38.6. The molecule has 1 heterocycles. The highest BCUT2D eigenvalue weighted by atomic mass is 16.2. The van der Waals surface area contributed by atoms with Gasteiger partial charge in [-0.05, 0) is 37.8 Å². The van der Waals surface area contributed by atoms with Crippen molar-refractivity contribution in [2.24, 2.45) is 0 Å². The molecule has 2 rings (SSSR count). The third kappa shape index (κ3) is 4.87. The number of benzene rings is 1. The molecule has 0 unspecified atom stereocenters. The van der Waals surface area contributed by atoms with Crippen molar-refractivity contribution in [2.75, 3.05) is 11.9 Å². The Bertz CT molecular complexity index is 717. The van der Waals surface area contributed by atoms with Crippen LogP contribution in [0.5, 0.6) is 0 Å². The van der Waals surface area contributed by atoms with E-state index in [-0.39, 0.29) is 18.4 Å². The quantitative estimate of drug-likeness (QED) is 0.511. The Morgan fingerprint density at radius 1 is 1.19 bits per heavy atom. The smallest absolute Gasteiger partial charge is 0.324 e. The van der Waals surface area contributed by atoms with Crippen LogP contribution in [0.2, 0.25) is 0 Å². The van der Waals surface area contributed by atoms with E-state index in [9.17, 15) is 14.4 Å². The lowest BCUT2D eigenvalue weighted by molar-refractivity contribution is -0.133. The fourth-order valence-corrected chi connectivity index (χ4v) is 3.49. The summed E-state index contributed by atoms with van der Waals surface area (Å²) in [7, 11) is 0. The van der Waals surface area contributed by atoms with Crippen molar-refractivity contribution in [1.82, 2.24) is 10.2 Å². The second-order valence-corrected chi connectivity index (χ2v) is 7.47. The Hall–Kier alpha value is -2.37. The fourth-order valence-electron chi connectivity index (χ4n) is 3.49. The van der Waals surface area contributed by atoms with Crippen LogP contribution in [0.1, 0.15) is 64.0 Å². The molecular weight excluding hydrogens is 342 g/mol. The number of amides is 4. The number of hydrogen-bond donors (Lipinski definition) is 2. The normalized spacial score (nSPS) is 19.3. The van der Waals surface area contributed by atoms with E-state index < -0.39 is 11.6 Å². The predicted octanol–water partition coefficient (Wildman–Crippen LogP) is 3.78. The molecule has 0 aliphatic carbocycles. The summed E-state index contributed by atoms with van der Waals surface area (Å²) >= 11 is 0. The number of carbonyl (C=O) groups is 3. The van der Waals surface area contributed by atoms with Crippen LogP contribution >= 0.6 is 0 Å². The Morgan fingerprint density at radius 3 is 2.59 bits per heavy atom. The number of rotatable bonds is 9. The Balaban J connectivity index is 2.01. The zero-order valence-corrected chi connectivity index (χ0v) is 16.9. The predicted molar refractivity (Wildman–Crippen MR) is 107 cm³/mol. The van der Waals surface area contributed by atoms with E-state index in [0.717, 1.165) is 53.8 Å². The van der Waals surface area contributed by atoms with E-state index in [0.29, 0.717) is 6.42 Å². The number of nitrogens with one attached hydrogen (secondary N) is 2. The average Bonchev–Trinajstić information content (AvgIpc) is 2.84. The lowest BCUT2D eigenvalue weighted by Crippen LogP contribution is -2.44. The van der Waals surface area contributed by atoms with Gasteiger partial charge in [0.25, 0.3) is 5.91 Å². The molecule has 0 spiro atoms. The maximum Gasteiger partial charge on any atom is 0.325 e. The molecule has 148 valence electrons. The molecule has 1 aliphatic heterocycles. The minimum absolute atomic E-state index is 0.271. The summed E-state index contributed by atoms with van der Waals surface area (Å²) in [5.41, 5.74) is 1.84. The summed E-state index contributed by atoms with van der Waals surface area (Å²) < 4.78 is 0. The van der Waals surface area contributed by atoms with Gasteiger partial charge in [0.1, 0.15) is 12.1 Å². The molecule has 0 radical (unpaired) electrons. The van der Waals surface area contributed by atoms with Gasteiger partial charge in [-0.1, -0.05) is 57.7 Å². The van der Waals surface area contributed by atoms with Crippen molar-refractivity contribution in [3.05, 3.63) is 29.3 Å². The molecule has 27 heavy (non-hydrogen) atoms. The van der Waals surface area contributed by atoms with Crippen LogP contribution < -0.4 is 10.6 Å². The molecule has 1 atom stereocenters. The number of aryl methyl sites for hydroxylation is 2. The zero-order valence-electron chi connectivity index (χ0n) is 16.9. The molecule has 1 aliphatic rings. The maximum absolute atomic E-state index is 12.7. The third-order valence-corrected chi connectivity index (χ3v) is 5.18. The molecule has 0 saturated carbocycles. The first kappa shape index (κ1) is 20.9. The van der Waals surface area contributed by atoms with Crippen molar-refractivity contribution >= 4 is 23.5 Å². The zero-order chi connectivity index (χ0) is 20.0. The number of hydrogen-bond acceptors (Lipinski definition) is 3. The van der Waals surface area contributed by atoms with Crippen LogP contribution in [0.4, 0.5) is 10.5 Å². The van der Waals surface area contributed by atoms with Crippen LogP contribution in [-0.4, -0.2) is 34.8 Å². The van der Waals surface area contributed by atoms with Gasteiger partial charge >= 0.3 is 6.03 Å². The van der Waals surface area contributed by atoms with Crippen LogP contribution in [0.25, 0.3) is 0 Å². The molecule has 6 nitrogen and oxygen atoms in total. The first-order valence-corrected chi connectivity index (χ1v) is 9.84. The molecule has 1 fully saturated rings. The molecule has 0 aromatic heterocycles. The number of anilines is 1. The minimum Gasteiger partial charge on any atom is -0.324 e. The second kappa shape index (κ2) is 9.02. The number of nitrogens with zero attached hydrogens (tertiary/aromatic N) is 1. The summed E-state index contributed by atoms with van der Waals surface area (Å²) in [6, 6.07) is 5.35. The van der Waals surface area contributed by atoms with Crippen LogP contribution in [-0.2, 0) is 16.0 Å². The molecule has 0 bridgehead atoms. The lowest BCUT2D eigenvalue weighted by atomic mass is 9.94. The van der Waals surface area contributed by atoms with Crippen LogP contribution in [0.3, 0.4) is 0 Å². The summed E-state index contributed by atoms with van der Waals surface area (Å²) in [6.07, 6.45) is 5.51. The topological polar surface area (TPSA) is 78.5 Å². The third-order valence-electron chi connectivity index (χ3n) is 5.18. The summed E-state index contributed by atoms with van der Waals surface area (Å²) in [5, 5.41) is 5.64. The molecule has 1 aromatic carbocycles. The van der Waals surface area contributed by atoms with Crippen molar-refractivity contribution in [2.45, 2.75) is 71.8 Å². The number of unbranched alkanes of at least 4 members (excludes halogenated alkanes) is 3. The van der Waals surface area contributed by atoms with Crippen molar-refractivity contribution in [1.29, 1.82) is 0 Å². The van der Waals surface area contributed by atoms with Gasteiger partial charge in [0, 0.05) is 5.69 Å². The molecule has 1 saturated heterocycles. The van der Waals surface area contributed by atoms with E-state index in [1.165, 1.54) is 0 Å². The van der Waals surface area contributed by atoms with E-state index in [4.69, 9.17) is 0 Å². The van der Waals surface area contributed by atoms with Crippen molar-refractivity contribution < 1.29 is 14.4 Å². The summed E-state index contributed by atoms with van der Waals surface area (Å²) in [6.45, 7) is 7.55. The number of imide groups is 1. The van der Waals surface area contributed by atoms with Crippen molar-refractivity contribution in [3.63, 3.8) is 0 Å². The van der Waals surface area contributed by atoms with Gasteiger partial charge in [-0.25, -0.2) is 4.79 Å². The highest BCUT2D eigenvalue weighted by molar-refractivity contribution is 6.10. The van der Waals surface area contributed by atoms with Gasteiger partial charge < -0.3 is 10.6 Å². The molecule has 6 heteroatoms. The van der Waals surface area contributed by atoms with E-state index >= 15 is 0 Å². The highest BCUT2D eigenvalue weighted by Crippen LogP contribution is 2.25. The molecule has 4 amide bonds. The van der Waals surface area contributed by atoms with Gasteiger partial charge in [0.05, 0.1) is 0 Å². The van der Waals surface area contributed by atoms with E-state index in [1.54, 1.807) is 6.92 Å². The maximum atomic E-state index is 12.7. The molecular formula is C21H31N3O3. The average molecular weight is 373 g/mol. The Labute approximate surface area is 161 Å². The summed E-state index contributed by atoms with van der Waals surface area (Å²) in [5.74, 6) is -0.683. The van der Waals surface area contributed by atoms with E-state index in [2.05, 4.69) is 17.6 Å². The van der Waals surface area contributed by atoms with Gasteiger partial charge in [-0.3, -0.25) is 14.5 Å². The van der Waals surface area contributed by atoms with Crippen molar-refractivity contribution in [3.8, 4) is 0 Å². The largest absolute Gasteiger partial charge is 0.325 e. The monoisotopic (exact) mass is 373 g/mol. The van der Waals surface area contributed by atoms with Gasteiger partial charge in [-0.2, -0.15) is 0 Å². The fraction of sp³-hybridized carbons (Fsp3) is 0.571. The van der Waals surface area contributed by atoms with Crippen LogP contribution in [0, 0.1) is 6.92 Å². The number of urea groups is 1. The molecule has 1 aromatic rings. The minimum atomic E-state index is -0.914. The highest BCUT2D eigenvalue weighted by Gasteiger charge is 2.47. The number of carbonyl (C=O) groups excluding carboxylic acids is 3.